The second-order valence-corrected chi connectivity index (χ2v) is 5.58. The number of aliphatic imine (C=N–C) groups is 1. The van der Waals surface area contributed by atoms with E-state index in [1.807, 2.05) is 24.3 Å². The first kappa shape index (κ1) is 18.3. The van der Waals surface area contributed by atoms with Crippen LogP contribution in [0.15, 0.2) is 59.2 Å². The maximum Gasteiger partial charge on any atom is 0.363 e. The summed E-state index contributed by atoms with van der Waals surface area (Å²) in [7, 11) is 4.74. The van der Waals surface area contributed by atoms with Crippen LogP contribution in [-0.2, 0) is 9.53 Å². The quantitative estimate of drug-likeness (QED) is 0.577. The van der Waals surface area contributed by atoms with E-state index in [4.69, 9.17) is 18.9 Å². The van der Waals surface area contributed by atoms with Crippen molar-refractivity contribution >= 4 is 24.0 Å². The zero-order valence-electron chi connectivity index (χ0n) is 15.3. The summed E-state index contributed by atoms with van der Waals surface area (Å²) < 4.78 is 20.9. The van der Waals surface area contributed by atoms with Crippen LogP contribution in [0.2, 0.25) is 0 Å². The molecule has 0 N–H and O–H groups in total. The number of carbonyl (C=O) groups excluding carboxylic acids is 1. The molecule has 0 saturated heterocycles. The molecular weight excluding hydrogens is 346 g/mol. The van der Waals surface area contributed by atoms with E-state index in [9.17, 15) is 4.79 Å². The van der Waals surface area contributed by atoms with Gasteiger partial charge < -0.3 is 18.9 Å². The van der Waals surface area contributed by atoms with E-state index < -0.39 is 5.97 Å². The lowest BCUT2D eigenvalue weighted by Crippen LogP contribution is -2.01. The van der Waals surface area contributed by atoms with Crippen molar-refractivity contribution in [1.29, 1.82) is 0 Å². The van der Waals surface area contributed by atoms with Crippen molar-refractivity contribution in [1.82, 2.24) is 0 Å². The number of rotatable bonds is 6. The number of cyclic esters (lactones) is 1. The first-order valence-corrected chi connectivity index (χ1v) is 8.19. The number of esters is 1. The van der Waals surface area contributed by atoms with E-state index in [-0.39, 0.29) is 11.6 Å². The van der Waals surface area contributed by atoms with Crippen LogP contribution in [0.5, 0.6) is 17.2 Å². The summed E-state index contributed by atoms with van der Waals surface area (Å²) in [6.07, 6.45) is 5.06. The molecule has 0 fully saturated rings. The lowest BCUT2D eigenvalue weighted by Gasteiger charge is -2.07. The van der Waals surface area contributed by atoms with Gasteiger partial charge in [-0.3, -0.25) is 0 Å². The fraction of sp³-hybridized carbons (Fsp3) is 0.143. The smallest absolute Gasteiger partial charge is 0.363 e. The lowest BCUT2D eigenvalue weighted by molar-refractivity contribution is -0.129. The fourth-order valence-electron chi connectivity index (χ4n) is 2.48. The second kappa shape index (κ2) is 8.23. The molecule has 3 rings (SSSR count). The van der Waals surface area contributed by atoms with Gasteiger partial charge in [0.05, 0.1) is 21.3 Å². The molecule has 6 heteroatoms. The van der Waals surface area contributed by atoms with E-state index in [0.717, 1.165) is 11.3 Å². The van der Waals surface area contributed by atoms with Gasteiger partial charge in [0.2, 0.25) is 5.90 Å². The van der Waals surface area contributed by atoms with E-state index in [0.29, 0.717) is 17.1 Å². The molecular formula is C21H19NO5. The predicted octanol–water partition coefficient (Wildman–Crippen LogP) is 3.72. The molecule has 0 spiro atoms. The summed E-state index contributed by atoms with van der Waals surface area (Å²) in [5.41, 5.74) is 1.80. The topological polar surface area (TPSA) is 66.3 Å². The summed E-state index contributed by atoms with van der Waals surface area (Å²) in [5.74, 6) is 1.73. The van der Waals surface area contributed by atoms with Crippen molar-refractivity contribution < 1.29 is 23.7 Å². The van der Waals surface area contributed by atoms with Gasteiger partial charge in [-0.1, -0.05) is 12.1 Å². The first-order valence-electron chi connectivity index (χ1n) is 8.19. The molecule has 0 radical (unpaired) electrons. The summed E-state index contributed by atoms with van der Waals surface area (Å²) in [5, 5.41) is 0. The van der Waals surface area contributed by atoms with Gasteiger partial charge >= 0.3 is 5.97 Å². The summed E-state index contributed by atoms with van der Waals surface area (Å²) >= 11 is 0. The molecule has 1 heterocycles. The van der Waals surface area contributed by atoms with Gasteiger partial charge in [0.1, 0.15) is 17.2 Å². The number of methoxy groups -OCH3 is 3. The Morgan fingerprint density at radius 2 is 1.59 bits per heavy atom. The largest absolute Gasteiger partial charge is 0.497 e. The normalized spacial score (nSPS) is 15.0. The summed E-state index contributed by atoms with van der Waals surface area (Å²) in [4.78, 5) is 16.4. The lowest BCUT2D eigenvalue weighted by atomic mass is 10.1. The van der Waals surface area contributed by atoms with Crippen molar-refractivity contribution in [3.05, 3.63) is 65.4 Å². The van der Waals surface area contributed by atoms with E-state index >= 15 is 0 Å². The number of hydrogen-bond acceptors (Lipinski definition) is 6. The Balaban J connectivity index is 1.83. The monoisotopic (exact) mass is 365 g/mol. The van der Waals surface area contributed by atoms with Crippen molar-refractivity contribution in [3.8, 4) is 17.2 Å². The fourth-order valence-corrected chi connectivity index (χ4v) is 2.48. The standard InChI is InChI=1S/C21H19NO5/c1-24-16-7-4-14(5-8-16)6-11-20-22-18(21(23)27-20)13-15-12-17(25-2)9-10-19(15)26-3/h4-13H,1-3H3. The van der Waals surface area contributed by atoms with Crippen LogP contribution in [0.25, 0.3) is 12.2 Å². The van der Waals surface area contributed by atoms with Crippen LogP contribution < -0.4 is 14.2 Å². The highest BCUT2D eigenvalue weighted by Gasteiger charge is 2.21. The number of nitrogens with zero attached hydrogens (tertiary/aromatic N) is 1. The molecule has 138 valence electrons. The molecule has 27 heavy (non-hydrogen) atoms. The van der Waals surface area contributed by atoms with Crippen molar-refractivity contribution in [3.63, 3.8) is 0 Å². The Morgan fingerprint density at radius 1 is 0.889 bits per heavy atom. The third kappa shape index (κ3) is 4.36. The number of hydrogen-bond donors (Lipinski definition) is 0. The molecule has 0 bridgehead atoms. The summed E-state index contributed by atoms with van der Waals surface area (Å²) in [6, 6.07) is 12.8. The molecule has 2 aromatic rings. The predicted molar refractivity (Wildman–Crippen MR) is 103 cm³/mol. The average Bonchev–Trinajstić information content (AvgIpc) is 3.06. The number of benzene rings is 2. The van der Waals surface area contributed by atoms with Crippen molar-refractivity contribution in [2.45, 2.75) is 0 Å². The zero-order chi connectivity index (χ0) is 19.2. The Kier molecular flexibility index (Phi) is 5.56. The van der Waals surface area contributed by atoms with Gasteiger partial charge in [-0.2, -0.15) is 0 Å². The zero-order valence-corrected chi connectivity index (χ0v) is 15.3. The van der Waals surface area contributed by atoms with Crippen LogP contribution in [0.3, 0.4) is 0 Å². The van der Waals surface area contributed by atoms with E-state index in [1.54, 1.807) is 57.8 Å². The highest BCUT2D eigenvalue weighted by atomic mass is 16.6. The molecule has 1 aliphatic rings. The van der Waals surface area contributed by atoms with Crippen LogP contribution in [0, 0.1) is 0 Å². The molecule has 0 saturated carbocycles. The van der Waals surface area contributed by atoms with Crippen molar-refractivity contribution in [2.75, 3.05) is 21.3 Å². The van der Waals surface area contributed by atoms with E-state index in [1.165, 1.54) is 0 Å². The third-order valence-electron chi connectivity index (χ3n) is 3.90. The molecule has 1 aliphatic heterocycles. The van der Waals surface area contributed by atoms with Gasteiger partial charge in [-0.15, -0.1) is 0 Å². The van der Waals surface area contributed by atoms with Crippen LogP contribution in [0.4, 0.5) is 0 Å². The Hall–Kier alpha value is -3.54. The SMILES string of the molecule is COc1ccc(C=CC2=NC(=Cc3cc(OC)ccc3OC)C(=O)O2)cc1. The highest BCUT2D eigenvalue weighted by molar-refractivity contribution is 6.11. The summed E-state index contributed by atoms with van der Waals surface area (Å²) in [6.45, 7) is 0. The molecule has 0 unspecified atom stereocenters. The van der Waals surface area contributed by atoms with Crippen molar-refractivity contribution in [2.24, 2.45) is 4.99 Å². The molecule has 2 aromatic carbocycles. The maximum atomic E-state index is 12.1. The van der Waals surface area contributed by atoms with E-state index in [2.05, 4.69) is 4.99 Å². The minimum absolute atomic E-state index is 0.191. The third-order valence-corrected chi connectivity index (χ3v) is 3.90. The van der Waals surface area contributed by atoms with Gasteiger partial charge in [0.25, 0.3) is 0 Å². The molecule has 0 aromatic heterocycles. The molecule has 0 amide bonds. The molecule has 6 nitrogen and oxygen atoms in total. The van der Waals surface area contributed by atoms with Crippen LogP contribution >= 0.6 is 0 Å². The molecule has 0 aliphatic carbocycles. The number of carbonyl (C=O) groups is 1. The van der Waals surface area contributed by atoms with Gasteiger partial charge in [-0.25, -0.2) is 9.79 Å². The Bertz CT molecular complexity index is 926. The first-order chi connectivity index (χ1) is 13.1. The average molecular weight is 365 g/mol. The van der Waals surface area contributed by atoms with Gasteiger partial charge in [0, 0.05) is 11.6 Å². The Morgan fingerprint density at radius 3 is 2.26 bits per heavy atom. The minimum Gasteiger partial charge on any atom is -0.497 e. The van der Waals surface area contributed by atoms with Crippen LogP contribution in [0.1, 0.15) is 11.1 Å². The minimum atomic E-state index is -0.519. The molecule has 0 atom stereocenters. The van der Waals surface area contributed by atoms with Gasteiger partial charge in [-0.05, 0) is 48.0 Å². The highest BCUT2D eigenvalue weighted by Crippen LogP contribution is 2.27. The van der Waals surface area contributed by atoms with Crippen LogP contribution in [-0.4, -0.2) is 33.2 Å². The maximum absolute atomic E-state index is 12.1. The Labute approximate surface area is 157 Å². The van der Waals surface area contributed by atoms with Gasteiger partial charge in [0.15, 0.2) is 5.70 Å². The number of ether oxygens (including phenoxy) is 4. The second-order valence-electron chi connectivity index (χ2n) is 5.58.